The zero-order valence-corrected chi connectivity index (χ0v) is 10.1. The van der Waals surface area contributed by atoms with Gasteiger partial charge in [-0.15, -0.1) is 0 Å². The van der Waals surface area contributed by atoms with Crippen LogP contribution < -0.4 is 5.73 Å². The fourth-order valence-corrected chi connectivity index (χ4v) is 2.12. The molecule has 88 valence electrons. The molecule has 0 aromatic rings. The maximum Gasteiger partial charge on any atom is 0.239 e. The van der Waals surface area contributed by atoms with Crippen LogP contribution in [0.15, 0.2) is 0 Å². The Balaban J connectivity index is 2.46. The summed E-state index contributed by atoms with van der Waals surface area (Å²) in [6.07, 6.45) is 0.807. The largest absolute Gasteiger partial charge is 0.337 e. The van der Waals surface area contributed by atoms with Gasteiger partial charge < -0.3 is 15.5 Å². The minimum absolute atomic E-state index is 0.120. The fourth-order valence-electron chi connectivity index (χ4n) is 2.12. The number of rotatable bonds is 5. The van der Waals surface area contributed by atoms with Crippen LogP contribution >= 0.6 is 0 Å². The smallest absolute Gasteiger partial charge is 0.239 e. The molecule has 1 aliphatic heterocycles. The van der Waals surface area contributed by atoms with E-state index in [1.165, 1.54) is 0 Å². The van der Waals surface area contributed by atoms with Crippen molar-refractivity contribution >= 4 is 5.91 Å². The predicted molar refractivity (Wildman–Crippen MR) is 61.6 cm³/mol. The number of carbonyl (C=O) groups excluding carboxylic acids is 1. The van der Waals surface area contributed by atoms with Gasteiger partial charge in [0.2, 0.25) is 5.91 Å². The summed E-state index contributed by atoms with van der Waals surface area (Å²) < 4.78 is 0. The Morgan fingerprint density at radius 2 is 2.13 bits per heavy atom. The second-order valence-electron chi connectivity index (χ2n) is 4.26. The second kappa shape index (κ2) is 5.47. The zero-order chi connectivity index (χ0) is 11.4. The third-order valence-corrected chi connectivity index (χ3v) is 3.23. The summed E-state index contributed by atoms with van der Waals surface area (Å²) in [5, 5.41) is 0. The molecule has 0 bridgehead atoms. The number of likely N-dealkylation sites (N-methyl/N-ethyl adjacent to an activating group) is 1. The molecule has 4 heteroatoms. The van der Waals surface area contributed by atoms with Crippen LogP contribution in [0.4, 0.5) is 0 Å². The van der Waals surface area contributed by atoms with Crippen molar-refractivity contribution in [1.82, 2.24) is 9.80 Å². The minimum atomic E-state index is -0.260. The molecule has 2 unspecified atom stereocenters. The van der Waals surface area contributed by atoms with Gasteiger partial charge in [0, 0.05) is 19.1 Å². The molecule has 2 N–H and O–H groups in total. The molecule has 2 atom stereocenters. The first-order valence-corrected chi connectivity index (χ1v) is 5.88. The maximum absolute atomic E-state index is 11.7. The monoisotopic (exact) mass is 213 g/mol. The van der Waals surface area contributed by atoms with E-state index < -0.39 is 0 Å². The SMILES string of the molecule is CCN(CC)CC(C)N1CCC(N)C1=O. The van der Waals surface area contributed by atoms with Crippen LogP contribution in [0.2, 0.25) is 0 Å². The van der Waals surface area contributed by atoms with Crippen LogP contribution in [-0.2, 0) is 4.79 Å². The van der Waals surface area contributed by atoms with E-state index in [4.69, 9.17) is 5.73 Å². The Kier molecular flexibility index (Phi) is 4.54. The lowest BCUT2D eigenvalue weighted by atomic mass is 10.2. The molecule has 0 aromatic carbocycles. The van der Waals surface area contributed by atoms with Gasteiger partial charge in [-0.3, -0.25) is 4.79 Å². The fraction of sp³-hybridized carbons (Fsp3) is 0.909. The number of carbonyl (C=O) groups is 1. The van der Waals surface area contributed by atoms with Crippen molar-refractivity contribution in [2.75, 3.05) is 26.2 Å². The van der Waals surface area contributed by atoms with Crippen LogP contribution in [0.3, 0.4) is 0 Å². The molecular formula is C11H23N3O. The van der Waals surface area contributed by atoms with Gasteiger partial charge in [0.25, 0.3) is 0 Å². The molecule has 0 saturated carbocycles. The van der Waals surface area contributed by atoms with Crippen LogP contribution in [0.1, 0.15) is 27.2 Å². The third kappa shape index (κ3) is 2.92. The van der Waals surface area contributed by atoms with E-state index in [1.54, 1.807) is 0 Å². The van der Waals surface area contributed by atoms with E-state index in [0.29, 0.717) is 0 Å². The first kappa shape index (κ1) is 12.5. The topological polar surface area (TPSA) is 49.6 Å². The van der Waals surface area contributed by atoms with Gasteiger partial charge in [-0.1, -0.05) is 13.8 Å². The Hall–Kier alpha value is -0.610. The van der Waals surface area contributed by atoms with Crippen LogP contribution in [0, 0.1) is 0 Å². The molecule has 15 heavy (non-hydrogen) atoms. The number of amides is 1. The molecule has 0 spiro atoms. The minimum Gasteiger partial charge on any atom is -0.337 e. The summed E-state index contributed by atoms with van der Waals surface area (Å²) in [5.74, 6) is 0.120. The average Bonchev–Trinajstić information content (AvgIpc) is 2.56. The van der Waals surface area contributed by atoms with Crippen molar-refractivity contribution in [2.24, 2.45) is 5.73 Å². The molecule has 1 fully saturated rings. The first-order valence-electron chi connectivity index (χ1n) is 5.88. The van der Waals surface area contributed by atoms with E-state index in [1.807, 2.05) is 4.90 Å². The number of likely N-dealkylation sites (tertiary alicyclic amines) is 1. The Morgan fingerprint density at radius 1 is 1.53 bits per heavy atom. The zero-order valence-electron chi connectivity index (χ0n) is 10.1. The first-order chi connectivity index (χ1) is 7.10. The van der Waals surface area contributed by atoms with Crippen molar-refractivity contribution in [3.63, 3.8) is 0 Å². The number of nitrogens with two attached hydrogens (primary N) is 1. The van der Waals surface area contributed by atoms with Crippen molar-refractivity contribution in [1.29, 1.82) is 0 Å². The molecule has 0 aromatic heterocycles. The van der Waals surface area contributed by atoms with Gasteiger partial charge in [-0.2, -0.15) is 0 Å². The average molecular weight is 213 g/mol. The highest BCUT2D eigenvalue weighted by Crippen LogP contribution is 2.13. The van der Waals surface area contributed by atoms with Crippen LogP contribution in [-0.4, -0.2) is 54.0 Å². The highest BCUT2D eigenvalue weighted by Gasteiger charge is 2.31. The quantitative estimate of drug-likeness (QED) is 0.713. The van der Waals surface area contributed by atoms with E-state index in [-0.39, 0.29) is 18.0 Å². The lowest BCUT2D eigenvalue weighted by Gasteiger charge is -2.29. The summed E-state index contributed by atoms with van der Waals surface area (Å²) in [4.78, 5) is 15.9. The summed E-state index contributed by atoms with van der Waals surface area (Å²) in [6, 6.07) is 0.0232. The Labute approximate surface area is 92.4 Å². The van der Waals surface area contributed by atoms with Gasteiger partial charge >= 0.3 is 0 Å². The molecule has 0 aliphatic carbocycles. The summed E-state index contributed by atoms with van der Waals surface area (Å²) in [7, 11) is 0. The van der Waals surface area contributed by atoms with Crippen molar-refractivity contribution in [3.8, 4) is 0 Å². The van der Waals surface area contributed by atoms with Crippen LogP contribution in [0.5, 0.6) is 0 Å². The molecule has 1 saturated heterocycles. The maximum atomic E-state index is 11.7. The Bertz CT molecular complexity index is 216. The van der Waals surface area contributed by atoms with E-state index in [2.05, 4.69) is 25.7 Å². The highest BCUT2D eigenvalue weighted by molar-refractivity contribution is 5.83. The predicted octanol–water partition coefficient (Wildman–Crippen LogP) is 0.276. The van der Waals surface area contributed by atoms with Crippen molar-refractivity contribution in [2.45, 2.75) is 39.3 Å². The third-order valence-electron chi connectivity index (χ3n) is 3.23. The van der Waals surface area contributed by atoms with Crippen molar-refractivity contribution in [3.05, 3.63) is 0 Å². The normalized spacial score (nSPS) is 23.9. The van der Waals surface area contributed by atoms with Crippen LogP contribution in [0.25, 0.3) is 0 Å². The van der Waals surface area contributed by atoms with E-state index in [0.717, 1.165) is 32.6 Å². The highest BCUT2D eigenvalue weighted by atomic mass is 16.2. The lowest BCUT2D eigenvalue weighted by molar-refractivity contribution is -0.130. The van der Waals surface area contributed by atoms with Crippen molar-refractivity contribution < 1.29 is 4.79 Å². The molecule has 1 heterocycles. The molecule has 1 aliphatic rings. The lowest BCUT2D eigenvalue weighted by Crippen LogP contribution is -2.45. The molecule has 4 nitrogen and oxygen atoms in total. The Morgan fingerprint density at radius 3 is 2.53 bits per heavy atom. The van der Waals surface area contributed by atoms with Gasteiger partial charge in [-0.05, 0) is 26.4 Å². The van der Waals surface area contributed by atoms with Gasteiger partial charge in [0.15, 0.2) is 0 Å². The number of hydrogen-bond donors (Lipinski definition) is 1. The molecular weight excluding hydrogens is 190 g/mol. The standard InChI is InChI=1S/C11H23N3O/c1-4-13(5-2)8-9(3)14-7-6-10(12)11(14)15/h9-10H,4-8,12H2,1-3H3. The number of hydrogen-bond acceptors (Lipinski definition) is 3. The van der Waals surface area contributed by atoms with Gasteiger partial charge in [0.05, 0.1) is 6.04 Å². The van der Waals surface area contributed by atoms with E-state index >= 15 is 0 Å². The van der Waals surface area contributed by atoms with E-state index in [9.17, 15) is 4.79 Å². The summed E-state index contributed by atoms with van der Waals surface area (Å²) in [6.45, 7) is 10.2. The molecule has 1 rings (SSSR count). The number of nitrogens with zero attached hydrogens (tertiary/aromatic N) is 2. The summed E-state index contributed by atoms with van der Waals surface area (Å²) in [5.41, 5.74) is 5.70. The summed E-state index contributed by atoms with van der Waals surface area (Å²) >= 11 is 0. The molecule has 1 amide bonds. The van der Waals surface area contributed by atoms with Gasteiger partial charge in [-0.25, -0.2) is 0 Å². The second-order valence-corrected chi connectivity index (χ2v) is 4.26. The van der Waals surface area contributed by atoms with Gasteiger partial charge in [0.1, 0.15) is 0 Å². The molecule has 0 radical (unpaired) electrons.